The maximum Gasteiger partial charge on any atom is 0.0702 e. The van der Waals surface area contributed by atoms with Crippen LogP contribution in [0.5, 0.6) is 0 Å². The van der Waals surface area contributed by atoms with Crippen LogP contribution < -0.4 is 5.73 Å². The molecule has 1 aromatic heterocycles. The summed E-state index contributed by atoms with van der Waals surface area (Å²) < 4.78 is 1.11. The average molecular weight is 218 g/mol. The minimum Gasteiger partial charge on any atom is -0.320 e. The number of rotatable bonds is 2. The Hall–Kier alpha value is -0.120. The van der Waals surface area contributed by atoms with Gasteiger partial charge in [0, 0.05) is 4.88 Å². The molecule has 0 fully saturated rings. The van der Waals surface area contributed by atoms with Crippen LogP contribution in [0.2, 0.25) is 0 Å². The summed E-state index contributed by atoms with van der Waals surface area (Å²) in [4.78, 5) is 1.14. The first-order valence-electron chi connectivity index (χ1n) is 2.87. The minimum absolute atomic E-state index is 0.0173. The van der Waals surface area contributed by atoms with Crippen molar-refractivity contribution in [2.75, 3.05) is 0 Å². The second kappa shape index (κ2) is 3.32. The van der Waals surface area contributed by atoms with E-state index in [1.165, 1.54) is 0 Å². The predicted octanol–water partition coefficient (Wildman–Crippen LogP) is 2.70. The second-order valence-electron chi connectivity index (χ2n) is 1.90. The minimum atomic E-state index is -0.0173. The summed E-state index contributed by atoms with van der Waals surface area (Å²) in [6, 6.07) is 3.97. The van der Waals surface area contributed by atoms with E-state index in [-0.39, 0.29) is 6.04 Å². The molecule has 1 aromatic rings. The Balaban J connectivity index is 2.84. The molecule has 0 aliphatic carbocycles. The molecule has 1 heterocycles. The highest BCUT2D eigenvalue weighted by Crippen LogP contribution is 2.26. The van der Waals surface area contributed by atoms with E-state index >= 15 is 0 Å². The molecule has 10 heavy (non-hydrogen) atoms. The van der Waals surface area contributed by atoms with Gasteiger partial charge in [0.25, 0.3) is 0 Å². The van der Waals surface area contributed by atoms with Crippen LogP contribution >= 0.6 is 27.3 Å². The first kappa shape index (κ1) is 7.98. The fourth-order valence-corrected chi connectivity index (χ4v) is 2.05. The second-order valence-corrected chi connectivity index (χ2v) is 4.40. The van der Waals surface area contributed by atoms with Crippen LogP contribution in [0, 0.1) is 0 Å². The molecule has 3 heteroatoms. The fraction of sp³-hybridized carbons (Fsp3) is 0.143. The Morgan fingerprint density at radius 3 is 2.80 bits per heavy atom. The summed E-state index contributed by atoms with van der Waals surface area (Å²) >= 11 is 5.00. The third-order valence-electron chi connectivity index (χ3n) is 1.18. The van der Waals surface area contributed by atoms with E-state index in [9.17, 15) is 0 Å². The van der Waals surface area contributed by atoms with Gasteiger partial charge in [-0.2, -0.15) is 0 Å². The van der Waals surface area contributed by atoms with Crippen molar-refractivity contribution in [2.45, 2.75) is 6.04 Å². The normalized spacial score (nSPS) is 13.0. The number of hydrogen-bond acceptors (Lipinski definition) is 2. The molecule has 1 nitrogen and oxygen atoms in total. The lowest BCUT2D eigenvalue weighted by Gasteiger charge is -1.99. The number of thiophene rings is 1. The molecule has 0 aromatic carbocycles. The molecule has 1 atom stereocenters. The highest BCUT2D eigenvalue weighted by Gasteiger charge is 2.02. The maximum atomic E-state index is 5.68. The van der Waals surface area contributed by atoms with E-state index in [1.807, 2.05) is 12.1 Å². The van der Waals surface area contributed by atoms with Crippen LogP contribution in [0.25, 0.3) is 0 Å². The SMILES string of the molecule is C=CC(N)c1ccc(Br)s1. The Morgan fingerprint density at radius 2 is 2.40 bits per heavy atom. The van der Waals surface area contributed by atoms with Crippen molar-refractivity contribution < 1.29 is 0 Å². The molecular weight excluding hydrogens is 210 g/mol. The van der Waals surface area contributed by atoms with E-state index in [0.717, 1.165) is 8.66 Å². The highest BCUT2D eigenvalue weighted by molar-refractivity contribution is 9.11. The zero-order valence-corrected chi connectivity index (χ0v) is 7.78. The summed E-state index contributed by atoms with van der Waals surface area (Å²) in [5, 5.41) is 0. The quantitative estimate of drug-likeness (QED) is 0.759. The number of nitrogens with two attached hydrogens (primary N) is 1. The fourth-order valence-electron chi connectivity index (χ4n) is 0.624. The van der Waals surface area contributed by atoms with E-state index in [4.69, 9.17) is 5.73 Å². The standard InChI is InChI=1S/C7H8BrNS/c1-2-5(9)6-3-4-7(8)10-6/h2-5H,1,9H2. The van der Waals surface area contributed by atoms with Crippen molar-refractivity contribution in [3.63, 3.8) is 0 Å². The summed E-state index contributed by atoms with van der Waals surface area (Å²) in [7, 11) is 0. The maximum absolute atomic E-state index is 5.68. The van der Waals surface area contributed by atoms with Gasteiger partial charge in [0.1, 0.15) is 0 Å². The van der Waals surface area contributed by atoms with E-state index in [2.05, 4.69) is 22.5 Å². The van der Waals surface area contributed by atoms with Gasteiger partial charge in [-0.15, -0.1) is 17.9 Å². The molecule has 1 rings (SSSR count). The molecule has 0 radical (unpaired) electrons. The molecule has 1 unspecified atom stereocenters. The van der Waals surface area contributed by atoms with Gasteiger partial charge in [-0.3, -0.25) is 0 Å². The zero-order valence-electron chi connectivity index (χ0n) is 5.38. The van der Waals surface area contributed by atoms with Crippen LogP contribution in [0.15, 0.2) is 28.6 Å². The first-order valence-corrected chi connectivity index (χ1v) is 4.48. The zero-order chi connectivity index (χ0) is 7.56. The first-order chi connectivity index (χ1) is 4.74. The third-order valence-corrected chi connectivity index (χ3v) is 2.90. The predicted molar refractivity (Wildman–Crippen MR) is 49.1 cm³/mol. The van der Waals surface area contributed by atoms with Crippen molar-refractivity contribution >= 4 is 27.3 Å². The lowest BCUT2D eigenvalue weighted by molar-refractivity contribution is 0.940. The van der Waals surface area contributed by atoms with Crippen molar-refractivity contribution in [2.24, 2.45) is 5.73 Å². The van der Waals surface area contributed by atoms with Gasteiger partial charge in [0.05, 0.1) is 9.83 Å². The van der Waals surface area contributed by atoms with Crippen molar-refractivity contribution in [1.29, 1.82) is 0 Å². The van der Waals surface area contributed by atoms with E-state index in [1.54, 1.807) is 17.4 Å². The third kappa shape index (κ3) is 1.68. The monoisotopic (exact) mass is 217 g/mol. The molecule has 2 N–H and O–H groups in total. The van der Waals surface area contributed by atoms with Crippen LogP contribution in [-0.2, 0) is 0 Å². The van der Waals surface area contributed by atoms with Gasteiger partial charge in [-0.05, 0) is 28.1 Å². The van der Waals surface area contributed by atoms with Gasteiger partial charge in [0.15, 0.2) is 0 Å². The number of hydrogen-bond donors (Lipinski definition) is 1. The smallest absolute Gasteiger partial charge is 0.0702 e. The number of halogens is 1. The van der Waals surface area contributed by atoms with Crippen LogP contribution in [0.1, 0.15) is 10.9 Å². The van der Waals surface area contributed by atoms with Gasteiger partial charge in [0.2, 0.25) is 0 Å². The van der Waals surface area contributed by atoms with Crippen molar-refractivity contribution in [1.82, 2.24) is 0 Å². The Morgan fingerprint density at radius 1 is 1.70 bits per heavy atom. The van der Waals surface area contributed by atoms with E-state index in [0.29, 0.717) is 0 Å². The Kier molecular flexibility index (Phi) is 2.65. The summed E-state index contributed by atoms with van der Waals surface area (Å²) in [5.74, 6) is 0. The summed E-state index contributed by atoms with van der Waals surface area (Å²) in [6.45, 7) is 3.61. The van der Waals surface area contributed by atoms with Crippen LogP contribution in [0.3, 0.4) is 0 Å². The molecule has 0 bridgehead atoms. The van der Waals surface area contributed by atoms with Crippen molar-refractivity contribution in [3.05, 3.63) is 33.5 Å². The molecule has 0 saturated heterocycles. The molecule has 0 amide bonds. The Labute approximate surface area is 72.7 Å². The van der Waals surface area contributed by atoms with Gasteiger partial charge in [-0.1, -0.05) is 6.08 Å². The van der Waals surface area contributed by atoms with Gasteiger partial charge >= 0.3 is 0 Å². The lowest BCUT2D eigenvalue weighted by Crippen LogP contribution is -2.03. The Bertz CT molecular complexity index is 231. The molecule has 54 valence electrons. The lowest BCUT2D eigenvalue weighted by atomic mass is 10.2. The molecule has 0 saturated carbocycles. The average Bonchev–Trinajstić information content (AvgIpc) is 2.34. The van der Waals surface area contributed by atoms with Gasteiger partial charge in [-0.25, -0.2) is 0 Å². The van der Waals surface area contributed by atoms with Crippen molar-refractivity contribution in [3.8, 4) is 0 Å². The molecule has 0 spiro atoms. The topological polar surface area (TPSA) is 26.0 Å². The van der Waals surface area contributed by atoms with Crippen LogP contribution in [-0.4, -0.2) is 0 Å². The highest BCUT2D eigenvalue weighted by atomic mass is 79.9. The van der Waals surface area contributed by atoms with E-state index < -0.39 is 0 Å². The largest absolute Gasteiger partial charge is 0.320 e. The van der Waals surface area contributed by atoms with Gasteiger partial charge < -0.3 is 5.73 Å². The van der Waals surface area contributed by atoms with Crippen LogP contribution in [0.4, 0.5) is 0 Å². The summed E-state index contributed by atoms with van der Waals surface area (Å²) in [5.41, 5.74) is 5.68. The molecule has 0 aliphatic heterocycles. The molecular formula is C7H8BrNS. The molecule has 0 aliphatic rings. The summed E-state index contributed by atoms with van der Waals surface area (Å²) in [6.07, 6.45) is 1.73.